The Morgan fingerprint density at radius 1 is 1.21 bits per heavy atom. The second-order valence-corrected chi connectivity index (χ2v) is 6.59. The number of nitrogens with one attached hydrogen (secondary N) is 1. The molecular weight excluding hydrogens is 356 g/mol. The zero-order valence-electron chi connectivity index (χ0n) is 16.0. The molecule has 3 aromatic rings. The zero-order valence-corrected chi connectivity index (χ0v) is 16.0. The van der Waals surface area contributed by atoms with Crippen molar-refractivity contribution in [1.82, 2.24) is 9.88 Å². The predicted molar refractivity (Wildman–Crippen MR) is 108 cm³/mol. The summed E-state index contributed by atoms with van der Waals surface area (Å²) in [4.78, 5) is 23.7. The van der Waals surface area contributed by atoms with Gasteiger partial charge in [0, 0.05) is 41.8 Å². The van der Waals surface area contributed by atoms with Crippen molar-refractivity contribution in [3.8, 4) is 5.75 Å². The molecule has 0 saturated heterocycles. The summed E-state index contributed by atoms with van der Waals surface area (Å²) in [5.74, 6) is 0.679. The van der Waals surface area contributed by atoms with E-state index in [4.69, 9.17) is 4.74 Å². The third-order valence-electron chi connectivity index (χ3n) is 4.83. The monoisotopic (exact) mass is 380 g/mol. The third kappa shape index (κ3) is 3.98. The Balaban J connectivity index is 1.91. The van der Waals surface area contributed by atoms with Gasteiger partial charge in [0.15, 0.2) is 5.78 Å². The number of carbonyl (C=O) groups is 2. The predicted octanol–water partition coefficient (Wildman–Crippen LogP) is 2.34. The molecule has 0 fully saturated rings. The second kappa shape index (κ2) is 8.82. The highest BCUT2D eigenvalue weighted by Gasteiger charge is 2.20. The van der Waals surface area contributed by atoms with Crippen LogP contribution in [-0.2, 0) is 11.3 Å². The molecule has 3 rings (SSSR count). The molecule has 1 unspecified atom stereocenters. The molecule has 0 aliphatic rings. The summed E-state index contributed by atoms with van der Waals surface area (Å²) < 4.78 is 7.26. The molecule has 0 bridgehead atoms. The van der Waals surface area contributed by atoms with Gasteiger partial charge in [0.1, 0.15) is 18.1 Å². The number of ketones is 1. The first-order valence-electron chi connectivity index (χ1n) is 9.17. The van der Waals surface area contributed by atoms with Crippen LogP contribution in [0.25, 0.3) is 10.9 Å². The smallest absolute Gasteiger partial charge is 0.195 e. The fraction of sp³-hybridized carbons (Fsp3) is 0.273. The molecule has 0 aliphatic carbocycles. The van der Waals surface area contributed by atoms with Gasteiger partial charge in [-0.3, -0.25) is 4.79 Å². The standard InChI is InChI=1S/C22H24N2O4/c1-15-21(22(27)16-7-9-18(28-2)10-8-16)19-5-3-4-6-20(19)24(15)12-11-23-13-17(26)14-25/h3-10,14,17,23,26H,11-13H2,1-2H3. The molecule has 0 spiro atoms. The number of hydrogen-bond donors (Lipinski definition) is 2. The van der Waals surface area contributed by atoms with E-state index in [2.05, 4.69) is 9.88 Å². The lowest BCUT2D eigenvalue weighted by molar-refractivity contribution is -0.114. The summed E-state index contributed by atoms with van der Waals surface area (Å²) in [5, 5.41) is 13.3. The van der Waals surface area contributed by atoms with E-state index in [0.29, 0.717) is 36.3 Å². The number of fused-ring (bicyclic) bond motifs is 1. The number of nitrogens with zero attached hydrogens (tertiary/aromatic N) is 1. The Hall–Kier alpha value is -2.96. The van der Waals surface area contributed by atoms with Gasteiger partial charge in [0.2, 0.25) is 0 Å². The number of aromatic nitrogens is 1. The molecule has 1 atom stereocenters. The van der Waals surface area contributed by atoms with Crippen molar-refractivity contribution in [2.24, 2.45) is 0 Å². The van der Waals surface area contributed by atoms with Crippen LogP contribution in [0.2, 0.25) is 0 Å². The number of methoxy groups -OCH3 is 1. The fourth-order valence-corrected chi connectivity index (χ4v) is 3.38. The van der Waals surface area contributed by atoms with Crippen LogP contribution in [0.4, 0.5) is 0 Å². The Bertz CT molecular complexity index is 976. The lowest BCUT2D eigenvalue weighted by Crippen LogP contribution is -2.30. The van der Waals surface area contributed by atoms with Crippen molar-refractivity contribution in [3.05, 3.63) is 65.4 Å². The minimum Gasteiger partial charge on any atom is -0.497 e. The van der Waals surface area contributed by atoms with Gasteiger partial charge in [-0.15, -0.1) is 0 Å². The number of rotatable bonds is 9. The van der Waals surface area contributed by atoms with Crippen LogP contribution in [0, 0.1) is 6.92 Å². The van der Waals surface area contributed by atoms with Crippen LogP contribution in [0.5, 0.6) is 5.75 Å². The highest BCUT2D eigenvalue weighted by atomic mass is 16.5. The molecule has 2 aromatic carbocycles. The van der Waals surface area contributed by atoms with Crippen LogP contribution >= 0.6 is 0 Å². The first-order chi connectivity index (χ1) is 13.6. The summed E-state index contributed by atoms with van der Waals surface area (Å²) in [7, 11) is 1.59. The largest absolute Gasteiger partial charge is 0.497 e. The van der Waals surface area contributed by atoms with Gasteiger partial charge in [-0.25, -0.2) is 0 Å². The number of hydrogen-bond acceptors (Lipinski definition) is 5. The first kappa shape index (κ1) is 19.8. The molecule has 0 radical (unpaired) electrons. The SMILES string of the molecule is COc1ccc(C(=O)c2c(C)n(CCNCC(O)C=O)c3ccccc23)cc1. The maximum atomic E-state index is 13.2. The summed E-state index contributed by atoms with van der Waals surface area (Å²) in [6, 6.07) is 14.9. The van der Waals surface area contributed by atoms with Crippen molar-refractivity contribution in [2.75, 3.05) is 20.2 Å². The number of carbonyl (C=O) groups excluding carboxylic acids is 2. The minimum atomic E-state index is -1.00. The molecule has 146 valence electrons. The van der Waals surface area contributed by atoms with Crippen LogP contribution in [-0.4, -0.2) is 48.0 Å². The quantitative estimate of drug-likeness (QED) is 0.338. The molecule has 0 saturated carbocycles. The average Bonchev–Trinajstić information content (AvgIpc) is 3.01. The Morgan fingerprint density at radius 2 is 1.93 bits per heavy atom. The van der Waals surface area contributed by atoms with E-state index in [1.54, 1.807) is 31.4 Å². The molecule has 0 amide bonds. The van der Waals surface area contributed by atoms with Gasteiger partial charge in [-0.1, -0.05) is 18.2 Å². The topological polar surface area (TPSA) is 80.6 Å². The lowest BCUT2D eigenvalue weighted by Gasteiger charge is -2.11. The maximum Gasteiger partial charge on any atom is 0.195 e. The van der Waals surface area contributed by atoms with E-state index in [1.165, 1.54) is 0 Å². The van der Waals surface area contributed by atoms with Gasteiger partial charge >= 0.3 is 0 Å². The van der Waals surface area contributed by atoms with Crippen molar-refractivity contribution in [1.29, 1.82) is 0 Å². The number of ether oxygens (including phenoxy) is 1. The van der Waals surface area contributed by atoms with Crippen LogP contribution in [0.1, 0.15) is 21.6 Å². The van der Waals surface area contributed by atoms with Crippen molar-refractivity contribution < 1.29 is 19.4 Å². The second-order valence-electron chi connectivity index (χ2n) is 6.59. The lowest BCUT2D eigenvalue weighted by atomic mass is 10.0. The molecule has 2 N–H and O–H groups in total. The normalized spacial score (nSPS) is 12.1. The van der Waals surface area contributed by atoms with Crippen molar-refractivity contribution in [3.63, 3.8) is 0 Å². The molecule has 1 aromatic heterocycles. The third-order valence-corrected chi connectivity index (χ3v) is 4.83. The molecule has 6 heteroatoms. The number of aliphatic hydroxyl groups excluding tert-OH is 1. The summed E-state index contributed by atoms with van der Waals surface area (Å²) >= 11 is 0. The average molecular weight is 380 g/mol. The van der Waals surface area contributed by atoms with Crippen LogP contribution < -0.4 is 10.1 Å². The molecule has 28 heavy (non-hydrogen) atoms. The molecular formula is C22H24N2O4. The number of benzene rings is 2. The van der Waals surface area contributed by atoms with Gasteiger partial charge in [0.25, 0.3) is 0 Å². The minimum absolute atomic E-state index is 0.0283. The fourth-order valence-electron chi connectivity index (χ4n) is 3.38. The van der Waals surface area contributed by atoms with Gasteiger partial charge in [-0.2, -0.15) is 0 Å². The maximum absolute atomic E-state index is 13.2. The first-order valence-corrected chi connectivity index (χ1v) is 9.17. The highest BCUT2D eigenvalue weighted by Crippen LogP contribution is 2.28. The number of aliphatic hydroxyl groups is 1. The Kier molecular flexibility index (Phi) is 6.23. The summed E-state index contributed by atoms with van der Waals surface area (Å²) in [6.07, 6.45) is -0.496. The Labute approximate surface area is 163 Å². The van der Waals surface area contributed by atoms with Gasteiger partial charge in [-0.05, 0) is 37.3 Å². The van der Waals surface area contributed by atoms with Crippen molar-refractivity contribution >= 4 is 23.0 Å². The van der Waals surface area contributed by atoms with Crippen LogP contribution in [0.3, 0.4) is 0 Å². The van der Waals surface area contributed by atoms with E-state index >= 15 is 0 Å². The van der Waals surface area contributed by atoms with E-state index in [1.807, 2.05) is 31.2 Å². The number of aldehydes is 1. The van der Waals surface area contributed by atoms with Crippen LogP contribution in [0.15, 0.2) is 48.5 Å². The molecule has 0 aliphatic heterocycles. The van der Waals surface area contributed by atoms with Gasteiger partial charge in [0.05, 0.1) is 12.7 Å². The number of para-hydroxylation sites is 1. The highest BCUT2D eigenvalue weighted by molar-refractivity contribution is 6.17. The zero-order chi connectivity index (χ0) is 20.1. The van der Waals surface area contributed by atoms with Crippen molar-refractivity contribution in [2.45, 2.75) is 19.6 Å². The van der Waals surface area contributed by atoms with E-state index in [-0.39, 0.29) is 12.3 Å². The molecule has 1 heterocycles. The Morgan fingerprint density at radius 3 is 2.61 bits per heavy atom. The van der Waals surface area contributed by atoms with E-state index < -0.39 is 6.10 Å². The van der Waals surface area contributed by atoms with Gasteiger partial charge < -0.3 is 24.5 Å². The summed E-state index contributed by atoms with van der Waals surface area (Å²) in [5.41, 5.74) is 3.17. The summed E-state index contributed by atoms with van der Waals surface area (Å²) in [6.45, 7) is 3.34. The molecule has 6 nitrogen and oxygen atoms in total. The van der Waals surface area contributed by atoms with E-state index in [0.717, 1.165) is 16.6 Å². The van der Waals surface area contributed by atoms with E-state index in [9.17, 15) is 14.7 Å².